The van der Waals surface area contributed by atoms with E-state index in [-0.39, 0.29) is 5.92 Å². The molecule has 4 heteroatoms. The average Bonchev–Trinajstić information content (AvgIpc) is 2.89. The van der Waals surface area contributed by atoms with Crippen molar-refractivity contribution in [2.75, 3.05) is 34.4 Å². The Morgan fingerprint density at radius 3 is 2.47 bits per heavy atom. The first-order valence-corrected chi connectivity index (χ1v) is 11.0. The first kappa shape index (κ1) is 22.4. The Bertz CT molecular complexity index is 861. The van der Waals surface area contributed by atoms with Gasteiger partial charge in [-0.3, -0.25) is 4.79 Å². The van der Waals surface area contributed by atoms with Gasteiger partial charge in [-0.05, 0) is 81.4 Å². The van der Waals surface area contributed by atoms with Crippen LogP contribution in [0.1, 0.15) is 41.5 Å². The van der Waals surface area contributed by atoms with Crippen molar-refractivity contribution in [2.45, 2.75) is 45.4 Å². The van der Waals surface area contributed by atoms with Crippen molar-refractivity contribution in [3.05, 3.63) is 58.7 Å². The molecule has 0 amide bonds. The molecule has 0 aliphatic heterocycles. The number of aryl methyl sites for hydroxylation is 2. The van der Waals surface area contributed by atoms with Crippen molar-refractivity contribution in [2.24, 2.45) is 5.92 Å². The van der Waals surface area contributed by atoms with E-state index in [0.29, 0.717) is 18.0 Å². The molecular formula is C26H35NO3. The summed E-state index contributed by atoms with van der Waals surface area (Å²) in [5, 5.41) is 0. The third-order valence-electron chi connectivity index (χ3n) is 6.25. The fourth-order valence-electron chi connectivity index (χ4n) is 4.40. The molecule has 0 bridgehead atoms. The van der Waals surface area contributed by atoms with E-state index in [1.165, 1.54) is 16.7 Å². The SMILES string of the molecule is COc1cc2c(cc1OC)CC(=O)C(CCCN(C)CCc1cccc(C)c1)CC2. The van der Waals surface area contributed by atoms with Crippen molar-refractivity contribution in [1.82, 2.24) is 4.90 Å². The second-order valence-electron chi connectivity index (χ2n) is 8.54. The lowest BCUT2D eigenvalue weighted by Crippen LogP contribution is -2.24. The van der Waals surface area contributed by atoms with Crippen LogP contribution in [0.2, 0.25) is 0 Å². The summed E-state index contributed by atoms with van der Waals surface area (Å²) >= 11 is 0. The van der Waals surface area contributed by atoms with Crippen LogP contribution >= 0.6 is 0 Å². The molecule has 0 N–H and O–H groups in total. The standard InChI is InChI=1S/C26H35NO3/c1-19-7-5-8-20(15-19)12-14-27(2)13-6-9-21-10-11-22-17-25(29-3)26(30-4)18-23(22)16-24(21)28/h5,7-8,15,17-18,21H,6,9-14,16H2,1-4H3. The molecule has 1 aliphatic rings. The molecule has 0 heterocycles. The van der Waals surface area contributed by atoms with Gasteiger partial charge < -0.3 is 14.4 Å². The summed E-state index contributed by atoms with van der Waals surface area (Å²) in [7, 11) is 5.48. The molecule has 162 valence electrons. The molecule has 1 unspecified atom stereocenters. The number of rotatable bonds is 9. The summed E-state index contributed by atoms with van der Waals surface area (Å²) in [6.07, 6.45) is 5.45. The number of Topliss-reactive ketones (excluding diaryl/α,β-unsaturated/α-hetero) is 1. The Morgan fingerprint density at radius 2 is 1.77 bits per heavy atom. The zero-order chi connectivity index (χ0) is 21.5. The molecule has 3 rings (SSSR count). The van der Waals surface area contributed by atoms with Gasteiger partial charge in [-0.2, -0.15) is 0 Å². The van der Waals surface area contributed by atoms with Crippen LogP contribution in [0.5, 0.6) is 11.5 Å². The minimum Gasteiger partial charge on any atom is -0.493 e. The fraction of sp³-hybridized carbons (Fsp3) is 0.500. The maximum atomic E-state index is 12.9. The molecule has 0 fully saturated rings. The Balaban J connectivity index is 1.48. The van der Waals surface area contributed by atoms with Gasteiger partial charge in [0.25, 0.3) is 0 Å². The molecule has 0 saturated carbocycles. The third kappa shape index (κ3) is 5.85. The van der Waals surface area contributed by atoms with Gasteiger partial charge >= 0.3 is 0 Å². The van der Waals surface area contributed by atoms with Crippen LogP contribution in [0, 0.1) is 12.8 Å². The van der Waals surface area contributed by atoms with E-state index in [9.17, 15) is 4.79 Å². The number of carbonyl (C=O) groups excluding carboxylic acids is 1. The Labute approximate surface area is 181 Å². The van der Waals surface area contributed by atoms with E-state index >= 15 is 0 Å². The van der Waals surface area contributed by atoms with Crippen LogP contribution in [-0.2, 0) is 24.1 Å². The number of ether oxygens (including phenoxy) is 2. The van der Waals surface area contributed by atoms with E-state index in [2.05, 4.69) is 43.1 Å². The van der Waals surface area contributed by atoms with Crippen LogP contribution in [0.25, 0.3) is 0 Å². The Hall–Kier alpha value is -2.33. The number of hydrogen-bond donors (Lipinski definition) is 0. The first-order chi connectivity index (χ1) is 14.5. The zero-order valence-corrected chi connectivity index (χ0v) is 18.9. The zero-order valence-electron chi connectivity index (χ0n) is 18.9. The van der Waals surface area contributed by atoms with Crippen molar-refractivity contribution in [3.8, 4) is 11.5 Å². The van der Waals surface area contributed by atoms with E-state index in [0.717, 1.165) is 56.5 Å². The molecule has 0 radical (unpaired) electrons. The van der Waals surface area contributed by atoms with Gasteiger partial charge in [0.05, 0.1) is 14.2 Å². The number of carbonyl (C=O) groups is 1. The second-order valence-corrected chi connectivity index (χ2v) is 8.54. The first-order valence-electron chi connectivity index (χ1n) is 11.0. The van der Waals surface area contributed by atoms with Crippen molar-refractivity contribution >= 4 is 5.78 Å². The lowest BCUT2D eigenvalue weighted by molar-refractivity contribution is -0.122. The minimum absolute atomic E-state index is 0.152. The highest BCUT2D eigenvalue weighted by Gasteiger charge is 2.25. The number of ketones is 1. The van der Waals surface area contributed by atoms with Gasteiger partial charge in [0, 0.05) is 18.9 Å². The van der Waals surface area contributed by atoms with Gasteiger partial charge in [-0.1, -0.05) is 29.8 Å². The number of benzene rings is 2. The van der Waals surface area contributed by atoms with Crippen LogP contribution in [-0.4, -0.2) is 45.0 Å². The molecule has 0 saturated heterocycles. The average molecular weight is 410 g/mol. The van der Waals surface area contributed by atoms with Crippen molar-refractivity contribution in [3.63, 3.8) is 0 Å². The smallest absolute Gasteiger partial charge is 0.161 e. The van der Waals surface area contributed by atoms with Crippen molar-refractivity contribution in [1.29, 1.82) is 0 Å². The normalized spacial score (nSPS) is 16.3. The highest BCUT2D eigenvalue weighted by molar-refractivity contribution is 5.84. The van der Waals surface area contributed by atoms with E-state index in [1.54, 1.807) is 14.2 Å². The Kier molecular flexibility index (Phi) is 7.92. The summed E-state index contributed by atoms with van der Waals surface area (Å²) < 4.78 is 10.9. The van der Waals surface area contributed by atoms with Gasteiger partial charge in [0.15, 0.2) is 11.5 Å². The van der Waals surface area contributed by atoms with E-state index in [4.69, 9.17) is 9.47 Å². The third-order valence-corrected chi connectivity index (χ3v) is 6.25. The molecular weight excluding hydrogens is 374 g/mol. The fourth-order valence-corrected chi connectivity index (χ4v) is 4.40. The summed E-state index contributed by atoms with van der Waals surface area (Å²) in [6.45, 7) is 4.22. The van der Waals surface area contributed by atoms with Gasteiger partial charge in [0.2, 0.25) is 0 Å². The summed E-state index contributed by atoms with van der Waals surface area (Å²) in [5.74, 6) is 1.97. The molecule has 2 aromatic carbocycles. The van der Waals surface area contributed by atoms with Gasteiger partial charge in [-0.25, -0.2) is 0 Å². The number of nitrogens with zero attached hydrogens (tertiary/aromatic N) is 1. The van der Waals surface area contributed by atoms with Crippen LogP contribution < -0.4 is 9.47 Å². The van der Waals surface area contributed by atoms with E-state index < -0.39 is 0 Å². The predicted octanol–water partition coefficient (Wildman–Crippen LogP) is 4.64. The quantitative estimate of drug-likeness (QED) is 0.566. The molecule has 4 nitrogen and oxygen atoms in total. The molecule has 2 aromatic rings. The number of fused-ring (bicyclic) bond motifs is 1. The summed E-state index contributed by atoms with van der Waals surface area (Å²) in [4.78, 5) is 15.2. The highest BCUT2D eigenvalue weighted by Crippen LogP contribution is 2.34. The molecule has 1 aliphatic carbocycles. The maximum Gasteiger partial charge on any atom is 0.161 e. The lowest BCUT2D eigenvalue weighted by Gasteiger charge is -2.19. The summed E-state index contributed by atoms with van der Waals surface area (Å²) in [5.41, 5.74) is 5.02. The van der Waals surface area contributed by atoms with Gasteiger partial charge in [-0.15, -0.1) is 0 Å². The van der Waals surface area contributed by atoms with Crippen molar-refractivity contribution < 1.29 is 14.3 Å². The number of hydrogen-bond acceptors (Lipinski definition) is 4. The molecule has 30 heavy (non-hydrogen) atoms. The minimum atomic E-state index is 0.152. The topological polar surface area (TPSA) is 38.8 Å². The van der Waals surface area contributed by atoms with Crippen LogP contribution in [0.15, 0.2) is 36.4 Å². The highest BCUT2D eigenvalue weighted by atomic mass is 16.5. The predicted molar refractivity (Wildman–Crippen MR) is 122 cm³/mol. The monoisotopic (exact) mass is 409 g/mol. The van der Waals surface area contributed by atoms with Crippen LogP contribution in [0.3, 0.4) is 0 Å². The maximum absolute atomic E-state index is 12.9. The van der Waals surface area contributed by atoms with E-state index in [1.807, 2.05) is 12.1 Å². The number of likely N-dealkylation sites (N-methyl/N-ethyl adjacent to an activating group) is 1. The number of methoxy groups -OCH3 is 2. The lowest BCUT2D eigenvalue weighted by atomic mass is 9.93. The molecule has 0 aromatic heterocycles. The Morgan fingerprint density at radius 1 is 1.03 bits per heavy atom. The van der Waals surface area contributed by atoms with Gasteiger partial charge in [0.1, 0.15) is 5.78 Å². The largest absolute Gasteiger partial charge is 0.493 e. The summed E-state index contributed by atoms with van der Waals surface area (Å²) in [6, 6.07) is 12.8. The molecule has 1 atom stereocenters. The molecule has 0 spiro atoms. The van der Waals surface area contributed by atoms with Crippen LogP contribution in [0.4, 0.5) is 0 Å². The second kappa shape index (κ2) is 10.6.